The van der Waals surface area contributed by atoms with Crippen LogP contribution in [0.15, 0.2) is 28.7 Å². The van der Waals surface area contributed by atoms with Gasteiger partial charge in [-0.2, -0.15) is 0 Å². The number of aryl methyl sites for hydroxylation is 1. The first-order chi connectivity index (χ1) is 11.3. The van der Waals surface area contributed by atoms with Gasteiger partial charge in [-0.25, -0.2) is 9.97 Å². The van der Waals surface area contributed by atoms with E-state index >= 15 is 0 Å². The highest BCUT2D eigenvalue weighted by Crippen LogP contribution is 2.31. The van der Waals surface area contributed by atoms with Crippen molar-refractivity contribution >= 4 is 27.9 Å². The van der Waals surface area contributed by atoms with Crippen molar-refractivity contribution in [2.75, 3.05) is 31.5 Å². The number of nitrogens with one attached hydrogen (secondary N) is 2. The Balaban J connectivity index is 0.00000208. The van der Waals surface area contributed by atoms with Crippen LogP contribution < -0.4 is 22.6 Å². The lowest BCUT2D eigenvalue weighted by Crippen LogP contribution is -3.12. The highest BCUT2D eigenvalue weighted by Gasteiger charge is 2.15. The van der Waals surface area contributed by atoms with Gasteiger partial charge in [0, 0.05) is 11.8 Å². The van der Waals surface area contributed by atoms with E-state index in [-0.39, 0.29) is 12.4 Å². The van der Waals surface area contributed by atoms with Gasteiger partial charge in [0.05, 0.1) is 26.2 Å². The average molecular weight is 349 g/mol. The first-order valence-corrected chi connectivity index (χ1v) is 8.52. The molecule has 0 aliphatic carbocycles. The van der Waals surface area contributed by atoms with E-state index in [1.54, 1.807) is 4.90 Å². The number of nitrogens with zero attached hydrogens (tertiary/aromatic N) is 2. The standard InChI is InChI=1S/C18H24N4O.ClH/c1-4-15-20-16-13-9-7-8-10-14(13)23-17(16)18(21-15)19-11-12-22(5-2)6-3;/h7-10H,4-6,11-12H2,1-3H3,(H,19,20,21);1H. The summed E-state index contributed by atoms with van der Waals surface area (Å²) in [5.41, 5.74) is 2.53. The van der Waals surface area contributed by atoms with Crippen LogP contribution in [-0.4, -0.2) is 36.1 Å². The van der Waals surface area contributed by atoms with E-state index in [0.717, 1.165) is 66.3 Å². The lowest BCUT2D eigenvalue weighted by molar-refractivity contribution is -0.894. The fourth-order valence-corrected chi connectivity index (χ4v) is 2.88. The second kappa shape index (κ2) is 8.31. The number of rotatable bonds is 7. The van der Waals surface area contributed by atoms with Crippen molar-refractivity contribution in [3.63, 3.8) is 0 Å². The molecule has 1 aromatic carbocycles. The maximum absolute atomic E-state index is 6.00. The number of hydrogen-bond acceptors (Lipinski definition) is 4. The van der Waals surface area contributed by atoms with E-state index in [1.807, 2.05) is 18.2 Å². The summed E-state index contributed by atoms with van der Waals surface area (Å²) in [6, 6.07) is 8.03. The number of benzene rings is 1. The molecule has 0 spiro atoms. The first kappa shape index (κ1) is 18.5. The van der Waals surface area contributed by atoms with Crippen molar-refractivity contribution in [1.29, 1.82) is 0 Å². The van der Waals surface area contributed by atoms with Crippen LogP contribution in [0.4, 0.5) is 5.82 Å². The van der Waals surface area contributed by atoms with Crippen LogP contribution in [0.3, 0.4) is 0 Å². The van der Waals surface area contributed by atoms with E-state index in [4.69, 9.17) is 4.42 Å². The van der Waals surface area contributed by atoms with E-state index < -0.39 is 0 Å². The summed E-state index contributed by atoms with van der Waals surface area (Å²) in [6.45, 7) is 10.7. The summed E-state index contributed by atoms with van der Waals surface area (Å²) in [7, 11) is 0. The zero-order valence-corrected chi connectivity index (χ0v) is 15.3. The summed E-state index contributed by atoms with van der Waals surface area (Å²) >= 11 is 0. The zero-order chi connectivity index (χ0) is 16.2. The molecule has 0 saturated carbocycles. The minimum atomic E-state index is 0. The third-order valence-corrected chi connectivity index (χ3v) is 4.35. The third-order valence-electron chi connectivity index (χ3n) is 4.35. The molecule has 130 valence electrons. The molecule has 2 N–H and O–H groups in total. The van der Waals surface area contributed by atoms with Gasteiger partial charge in [0.25, 0.3) is 0 Å². The zero-order valence-electron chi connectivity index (χ0n) is 14.5. The molecular weight excluding hydrogens is 324 g/mol. The van der Waals surface area contributed by atoms with Gasteiger partial charge in [-0.15, -0.1) is 0 Å². The van der Waals surface area contributed by atoms with Crippen molar-refractivity contribution in [1.82, 2.24) is 9.97 Å². The normalized spacial score (nSPS) is 11.2. The number of likely N-dealkylation sites (N-methyl/N-ethyl adjacent to an activating group) is 1. The molecule has 2 heterocycles. The van der Waals surface area contributed by atoms with Gasteiger partial charge >= 0.3 is 0 Å². The molecule has 6 heteroatoms. The maximum atomic E-state index is 6.00. The van der Waals surface area contributed by atoms with Crippen LogP contribution >= 0.6 is 0 Å². The molecule has 0 amide bonds. The quantitative estimate of drug-likeness (QED) is 0.591. The van der Waals surface area contributed by atoms with Crippen LogP contribution in [-0.2, 0) is 6.42 Å². The monoisotopic (exact) mass is 348 g/mol. The molecule has 0 bridgehead atoms. The van der Waals surface area contributed by atoms with Gasteiger partial charge in [-0.05, 0) is 26.0 Å². The Hall–Kier alpha value is -1.85. The molecular formula is C18H25ClN4O. The SMILES string of the molecule is CCc1nc(NCC[NH+](CC)CC)c2oc3ccccc3c2n1.[Cl-]. The fraction of sp³-hybridized carbons (Fsp3) is 0.444. The lowest BCUT2D eigenvalue weighted by Gasteiger charge is -2.15. The second-order valence-corrected chi connectivity index (χ2v) is 5.75. The Morgan fingerprint density at radius 2 is 1.83 bits per heavy atom. The topological polar surface area (TPSA) is 55.4 Å². The molecule has 0 atom stereocenters. The first-order valence-electron chi connectivity index (χ1n) is 8.52. The van der Waals surface area contributed by atoms with Crippen molar-refractivity contribution in [2.24, 2.45) is 0 Å². The minimum absolute atomic E-state index is 0. The molecule has 3 rings (SSSR count). The van der Waals surface area contributed by atoms with E-state index in [0.29, 0.717) is 0 Å². The molecule has 24 heavy (non-hydrogen) atoms. The summed E-state index contributed by atoms with van der Waals surface area (Å²) in [5.74, 6) is 1.66. The molecule has 0 aliphatic heterocycles. The Bertz CT molecular complexity index is 798. The summed E-state index contributed by atoms with van der Waals surface area (Å²) in [5, 5.41) is 4.51. The molecule has 0 radical (unpaired) electrons. The van der Waals surface area contributed by atoms with Gasteiger partial charge in [-0.3, -0.25) is 0 Å². The number of furan rings is 1. The number of hydrogen-bond donors (Lipinski definition) is 2. The fourth-order valence-electron chi connectivity index (χ4n) is 2.88. The highest BCUT2D eigenvalue weighted by molar-refractivity contribution is 6.05. The van der Waals surface area contributed by atoms with Gasteiger partial charge in [0.2, 0.25) is 0 Å². The molecule has 0 aliphatic rings. The Labute approximate surface area is 148 Å². The smallest absolute Gasteiger partial charge is 0.196 e. The van der Waals surface area contributed by atoms with Crippen LogP contribution in [0.1, 0.15) is 26.6 Å². The third kappa shape index (κ3) is 3.62. The maximum Gasteiger partial charge on any atom is 0.196 e. The van der Waals surface area contributed by atoms with Crippen LogP contribution in [0.5, 0.6) is 0 Å². The number of para-hydroxylation sites is 1. The Kier molecular flexibility index (Phi) is 6.40. The number of fused-ring (bicyclic) bond motifs is 3. The van der Waals surface area contributed by atoms with Gasteiger partial charge in [0.15, 0.2) is 11.4 Å². The van der Waals surface area contributed by atoms with E-state index in [1.165, 1.54) is 0 Å². The molecule has 0 saturated heterocycles. The van der Waals surface area contributed by atoms with Crippen LogP contribution in [0, 0.1) is 0 Å². The van der Waals surface area contributed by atoms with Crippen LogP contribution in [0.2, 0.25) is 0 Å². The number of quaternary nitrogens is 1. The number of aromatic nitrogens is 2. The van der Waals surface area contributed by atoms with Crippen molar-refractivity contribution in [2.45, 2.75) is 27.2 Å². The van der Waals surface area contributed by atoms with Gasteiger partial charge in [0.1, 0.15) is 16.9 Å². The van der Waals surface area contributed by atoms with Crippen molar-refractivity contribution in [3.8, 4) is 0 Å². The van der Waals surface area contributed by atoms with Crippen molar-refractivity contribution in [3.05, 3.63) is 30.1 Å². The second-order valence-electron chi connectivity index (χ2n) is 5.75. The summed E-state index contributed by atoms with van der Waals surface area (Å²) < 4.78 is 6.00. The average Bonchev–Trinajstić information content (AvgIpc) is 2.97. The minimum Gasteiger partial charge on any atom is -1.00 e. The molecule has 0 fully saturated rings. The molecule has 2 aromatic heterocycles. The number of anilines is 1. The lowest BCUT2D eigenvalue weighted by atomic mass is 10.2. The molecule has 3 aromatic rings. The predicted octanol–water partition coefficient (Wildman–Crippen LogP) is -0.721. The van der Waals surface area contributed by atoms with Gasteiger partial charge in [-0.1, -0.05) is 19.1 Å². The molecule has 5 nitrogen and oxygen atoms in total. The predicted molar refractivity (Wildman–Crippen MR) is 94.1 cm³/mol. The largest absolute Gasteiger partial charge is 1.00 e. The van der Waals surface area contributed by atoms with E-state index in [9.17, 15) is 0 Å². The summed E-state index contributed by atoms with van der Waals surface area (Å²) in [6.07, 6.45) is 0.811. The molecule has 0 unspecified atom stereocenters. The Morgan fingerprint density at radius 1 is 1.08 bits per heavy atom. The van der Waals surface area contributed by atoms with Gasteiger partial charge < -0.3 is 27.0 Å². The van der Waals surface area contributed by atoms with E-state index in [2.05, 4.69) is 42.1 Å². The number of halogens is 1. The van der Waals surface area contributed by atoms with Crippen molar-refractivity contribution < 1.29 is 21.7 Å². The van der Waals surface area contributed by atoms with Crippen LogP contribution in [0.25, 0.3) is 22.1 Å². The Morgan fingerprint density at radius 3 is 2.54 bits per heavy atom. The summed E-state index contributed by atoms with van der Waals surface area (Å²) in [4.78, 5) is 10.9. The highest BCUT2D eigenvalue weighted by atomic mass is 35.5.